The first-order valence-corrected chi connectivity index (χ1v) is 8.67. The molecule has 0 aromatic heterocycles. The van der Waals surface area contributed by atoms with Gasteiger partial charge in [-0.25, -0.2) is 0 Å². The normalized spacial score (nSPS) is 11.9. The van der Waals surface area contributed by atoms with Crippen molar-refractivity contribution in [3.05, 3.63) is 70.8 Å². The van der Waals surface area contributed by atoms with Gasteiger partial charge >= 0.3 is 12.4 Å². The Balaban J connectivity index is 2.11. The molecular weight excluding hydrogens is 414 g/mol. The smallest absolute Gasteiger partial charge is 0.340 e. The molecule has 2 aromatic rings. The van der Waals surface area contributed by atoms with Crippen molar-refractivity contribution in [2.24, 2.45) is 0 Å². The number of amides is 2. The Morgan fingerprint density at radius 3 is 1.27 bits per heavy atom. The standard InChI is InChI=1S/C20H18F6N2O2/c1-27(17(29)13-7-3-5-9-15(13)19(21,22)23)11-12-28(2)18(30)14-8-4-6-10-16(14)20(24,25)26/h3-10H,11-12H2,1-2H3. The molecule has 0 spiro atoms. The lowest BCUT2D eigenvalue weighted by molar-refractivity contribution is -0.138. The Morgan fingerprint density at radius 1 is 0.667 bits per heavy atom. The van der Waals surface area contributed by atoms with Crippen molar-refractivity contribution in [1.29, 1.82) is 0 Å². The zero-order valence-corrected chi connectivity index (χ0v) is 16.0. The molecule has 0 atom stereocenters. The maximum atomic E-state index is 13.1. The summed E-state index contributed by atoms with van der Waals surface area (Å²) < 4.78 is 78.6. The summed E-state index contributed by atoms with van der Waals surface area (Å²) in [5.74, 6) is -1.83. The summed E-state index contributed by atoms with van der Waals surface area (Å²) in [6.45, 7) is -0.358. The summed E-state index contributed by atoms with van der Waals surface area (Å²) in [4.78, 5) is 26.8. The van der Waals surface area contributed by atoms with Gasteiger partial charge in [0.2, 0.25) is 0 Å². The Hall–Kier alpha value is -3.04. The summed E-state index contributed by atoms with van der Waals surface area (Å²) >= 11 is 0. The molecule has 0 aliphatic heterocycles. The average molecular weight is 432 g/mol. The minimum atomic E-state index is -4.72. The van der Waals surface area contributed by atoms with Crippen LogP contribution in [0.15, 0.2) is 48.5 Å². The average Bonchev–Trinajstić information content (AvgIpc) is 2.69. The molecule has 0 N–H and O–H groups in total. The van der Waals surface area contributed by atoms with Crippen molar-refractivity contribution in [3.8, 4) is 0 Å². The van der Waals surface area contributed by atoms with E-state index in [-0.39, 0.29) is 13.1 Å². The number of carbonyl (C=O) groups is 2. The molecule has 0 saturated heterocycles. The van der Waals surface area contributed by atoms with Crippen molar-refractivity contribution in [2.75, 3.05) is 27.2 Å². The van der Waals surface area contributed by atoms with Crippen LogP contribution < -0.4 is 0 Å². The predicted octanol–water partition coefficient (Wildman–Crippen LogP) is 4.57. The van der Waals surface area contributed by atoms with E-state index in [2.05, 4.69) is 0 Å². The third-order valence-electron chi connectivity index (χ3n) is 4.39. The number of alkyl halides is 6. The minimum absolute atomic E-state index is 0.179. The highest BCUT2D eigenvalue weighted by Gasteiger charge is 2.36. The quantitative estimate of drug-likeness (QED) is 0.650. The van der Waals surface area contributed by atoms with Crippen molar-refractivity contribution in [1.82, 2.24) is 9.80 Å². The van der Waals surface area contributed by atoms with Crippen LogP contribution in [0.2, 0.25) is 0 Å². The van der Waals surface area contributed by atoms with Crippen LogP contribution in [-0.2, 0) is 12.4 Å². The van der Waals surface area contributed by atoms with Crippen LogP contribution in [0.4, 0.5) is 26.3 Å². The molecule has 2 aromatic carbocycles. The van der Waals surface area contributed by atoms with Crippen LogP contribution in [0.3, 0.4) is 0 Å². The van der Waals surface area contributed by atoms with Crippen LogP contribution in [-0.4, -0.2) is 48.8 Å². The molecule has 0 fully saturated rings. The molecule has 30 heavy (non-hydrogen) atoms. The maximum absolute atomic E-state index is 13.1. The van der Waals surface area contributed by atoms with Gasteiger partial charge in [-0.3, -0.25) is 9.59 Å². The van der Waals surface area contributed by atoms with E-state index in [1.807, 2.05) is 0 Å². The topological polar surface area (TPSA) is 40.6 Å². The molecule has 0 unspecified atom stereocenters. The molecule has 0 radical (unpaired) electrons. The lowest BCUT2D eigenvalue weighted by Crippen LogP contribution is -2.38. The molecule has 0 heterocycles. The predicted molar refractivity (Wildman–Crippen MR) is 96.8 cm³/mol. The molecular formula is C20H18F6N2O2. The van der Waals surface area contributed by atoms with E-state index in [0.29, 0.717) is 0 Å². The van der Waals surface area contributed by atoms with Crippen LogP contribution in [0.5, 0.6) is 0 Å². The Bertz CT molecular complexity index is 848. The zero-order chi connectivity index (χ0) is 22.7. The molecule has 2 amide bonds. The van der Waals surface area contributed by atoms with E-state index in [0.717, 1.165) is 46.2 Å². The Kier molecular flexibility index (Phi) is 6.79. The van der Waals surface area contributed by atoms with Gasteiger partial charge in [-0.05, 0) is 24.3 Å². The zero-order valence-electron chi connectivity index (χ0n) is 16.0. The largest absolute Gasteiger partial charge is 0.417 e. The van der Waals surface area contributed by atoms with Crippen LogP contribution in [0, 0.1) is 0 Å². The van der Waals surface area contributed by atoms with Crippen molar-refractivity contribution >= 4 is 11.8 Å². The maximum Gasteiger partial charge on any atom is 0.417 e. The fraction of sp³-hybridized carbons (Fsp3) is 0.300. The van der Waals surface area contributed by atoms with Gasteiger partial charge in [0.25, 0.3) is 11.8 Å². The number of halogens is 6. The van der Waals surface area contributed by atoms with Crippen LogP contribution >= 0.6 is 0 Å². The highest BCUT2D eigenvalue weighted by molar-refractivity contribution is 5.96. The lowest BCUT2D eigenvalue weighted by Gasteiger charge is -2.24. The first-order chi connectivity index (χ1) is 13.8. The molecule has 0 aliphatic carbocycles. The SMILES string of the molecule is CN(CCN(C)C(=O)c1ccccc1C(F)(F)F)C(=O)c1ccccc1C(F)(F)F. The second-order valence-corrected chi connectivity index (χ2v) is 6.54. The molecule has 162 valence electrons. The van der Waals surface area contributed by atoms with Gasteiger partial charge in [-0.1, -0.05) is 24.3 Å². The van der Waals surface area contributed by atoms with Crippen LogP contribution in [0.25, 0.3) is 0 Å². The summed E-state index contributed by atoms with van der Waals surface area (Å²) in [7, 11) is 2.49. The molecule has 10 heteroatoms. The van der Waals surface area contributed by atoms with E-state index in [9.17, 15) is 35.9 Å². The molecule has 4 nitrogen and oxygen atoms in total. The van der Waals surface area contributed by atoms with Gasteiger partial charge < -0.3 is 9.80 Å². The Morgan fingerprint density at radius 2 is 0.967 bits per heavy atom. The number of nitrogens with zero attached hydrogens (tertiary/aromatic N) is 2. The molecule has 2 rings (SSSR count). The fourth-order valence-electron chi connectivity index (χ4n) is 2.75. The highest BCUT2D eigenvalue weighted by Crippen LogP contribution is 2.33. The summed E-state index contributed by atoms with van der Waals surface area (Å²) in [6, 6.07) is 8.54. The van der Waals surface area contributed by atoms with Gasteiger partial charge in [-0.2, -0.15) is 26.3 Å². The fourth-order valence-corrected chi connectivity index (χ4v) is 2.75. The van der Waals surface area contributed by atoms with E-state index >= 15 is 0 Å². The number of carbonyl (C=O) groups excluding carboxylic acids is 2. The molecule has 0 bridgehead atoms. The van der Waals surface area contributed by atoms with Crippen molar-refractivity contribution < 1.29 is 35.9 Å². The van der Waals surface area contributed by atoms with E-state index in [1.165, 1.54) is 26.2 Å². The summed E-state index contributed by atoms with van der Waals surface area (Å²) in [5.41, 5.74) is -3.29. The molecule has 0 aliphatic rings. The number of hydrogen-bond acceptors (Lipinski definition) is 2. The van der Waals surface area contributed by atoms with E-state index in [4.69, 9.17) is 0 Å². The first kappa shape index (κ1) is 23.2. The first-order valence-electron chi connectivity index (χ1n) is 8.67. The third kappa shape index (κ3) is 5.31. The van der Waals surface area contributed by atoms with E-state index < -0.39 is 46.4 Å². The van der Waals surface area contributed by atoms with Gasteiger partial charge in [0.05, 0.1) is 22.3 Å². The Labute approximate surface area is 168 Å². The van der Waals surface area contributed by atoms with Crippen LogP contribution in [0.1, 0.15) is 31.8 Å². The van der Waals surface area contributed by atoms with Gasteiger partial charge in [0.15, 0.2) is 0 Å². The number of benzene rings is 2. The number of likely N-dealkylation sites (N-methyl/N-ethyl adjacent to an activating group) is 2. The van der Waals surface area contributed by atoms with Gasteiger partial charge in [0, 0.05) is 27.2 Å². The molecule has 0 saturated carbocycles. The lowest BCUT2D eigenvalue weighted by atomic mass is 10.1. The second kappa shape index (κ2) is 8.76. The third-order valence-corrected chi connectivity index (χ3v) is 4.39. The van der Waals surface area contributed by atoms with E-state index in [1.54, 1.807) is 0 Å². The van der Waals surface area contributed by atoms with Gasteiger partial charge in [-0.15, -0.1) is 0 Å². The number of rotatable bonds is 5. The van der Waals surface area contributed by atoms with Crippen molar-refractivity contribution in [2.45, 2.75) is 12.4 Å². The summed E-state index contributed by atoms with van der Waals surface area (Å²) in [6.07, 6.45) is -9.44. The highest BCUT2D eigenvalue weighted by atomic mass is 19.4. The summed E-state index contributed by atoms with van der Waals surface area (Å²) in [5, 5.41) is 0. The minimum Gasteiger partial charge on any atom is -0.340 e. The van der Waals surface area contributed by atoms with Gasteiger partial charge in [0.1, 0.15) is 0 Å². The monoisotopic (exact) mass is 432 g/mol. The van der Waals surface area contributed by atoms with Crippen molar-refractivity contribution in [3.63, 3.8) is 0 Å². The number of hydrogen-bond donors (Lipinski definition) is 0. The second-order valence-electron chi connectivity index (χ2n) is 6.54.